The summed E-state index contributed by atoms with van der Waals surface area (Å²) < 4.78 is 28.1. The molecule has 1 saturated heterocycles. The van der Waals surface area contributed by atoms with Gasteiger partial charge >= 0.3 is 0 Å². The molecule has 0 bridgehead atoms. The molecule has 3 aromatic rings. The summed E-state index contributed by atoms with van der Waals surface area (Å²) in [5.74, 6) is -1.56. The van der Waals surface area contributed by atoms with Crippen LogP contribution in [-0.4, -0.2) is 62.1 Å². The van der Waals surface area contributed by atoms with E-state index in [2.05, 4.69) is 20.4 Å². The molecule has 0 aliphatic carbocycles. The lowest BCUT2D eigenvalue weighted by atomic mass is 10.1. The molecule has 1 fully saturated rings. The molecule has 0 saturated carbocycles. The van der Waals surface area contributed by atoms with Crippen molar-refractivity contribution in [2.75, 3.05) is 26.2 Å². The molecule has 1 aliphatic heterocycles. The van der Waals surface area contributed by atoms with Crippen LogP contribution in [0.25, 0.3) is 5.69 Å². The molecule has 2 heterocycles. The molecule has 1 aliphatic rings. The van der Waals surface area contributed by atoms with Crippen molar-refractivity contribution in [1.29, 1.82) is 0 Å². The predicted octanol–water partition coefficient (Wildman–Crippen LogP) is 1.90. The summed E-state index contributed by atoms with van der Waals surface area (Å²) in [4.78, 5) is 16.3. The average Bonchev–Trinajstić information content (AvgIpc) is 3.19. The fraction of sp³-hybridized carbons (Fsp3) is 0.263. The first-order valence-electron chi connectivity index (χ1n) is 8.91. The number of carbonyl (C=O) groups is 1. The van der Waals surface area contributed by atoms with Crippen LogP contribution >= 0.6 is 0 Å². The van der Waals surface area contributed by atoms with Crippen LogP contribution in [0.3, 0.4) is 0 Å². The Morgan fingerprint density at radius 3 is 2.43 bits per heavy atom. The van der Waals surface area contributed by atoms with Gasteiger partial charge < -0.3 is 4.90 Å². The first-order valence-corrected chi connectivity index (χ1v) is 8.91. The third-order valence-electron chi connectivity index (χ3n) is 4.73. The molecule has 0 unspecified atom stereocenters. The van der Waals surface area contributed by atoms with Crippen LogP contribution in [0, 0.1) is 11.6 Å². The zero-order valence-corrected chi connectivity index (χ0v) is 15.0. The lowest BCUT2D eigenvalue weighted by Crippen LogP contribution is -2.48. The molecule has 28 heavy (non-hydrogen) atoms. The topological polar surface area (TPSA) is 67.2 Å². The first-order chi connectivity index (χ1) is 13.6. The van der Waals surface area contributed by atoms with Gasteiger partial charge in [0, 0.05) is 31.7 Å². The van der Waals surface area contributed by atoms with E-state index in [0.29, 0.717) is 38.5 Å². The molecule has 9 heteroatoms. The summed E-state index contributed by atoms with van der Waals surface area (Å²) in [7, 11) is 0. The highest BCUT2D eigenvalue weighted by Gasteiger charge is 2.24. The molecular weight excluding hydrogens is 366 g/mol. The van der Waals surface area contributed by atoms with Gasteiger partial charge in [-0.1, -0.05) is 18.2 Å². The zero-order valence-electron chi connectivity index (χ0n) is 15.0. The third-order valence-corrected chi connectivity index (χ3v) is 4.73. The van der Waals surface area contributed by atoms with E-state index in [9.17, 15) is 13.6 Å². The molecule has 0 spiro atoms. The molecule has 4 rings (SSSR count). The molecule has 0 radical (unpaired) electrons. The van der Waals surface area contributed by atoms with Crippen molar-refractivity contribution >= 4 is 5.91 Å². The Kier molecular flexibility index (Phi) is 5.07. The van der Waals surface area contributed by atoms with E-state index in [1.54, 1.807) is 9.58 Å². The van der Waals surface area contributed by atoms with Crippen LogP contribution in [0.2, 0.25) is 0 Å². The summed E-state index contributed by atoms with van der Waals surface area (Å²) in [6.07, 6.45) is 0. The second kappa shape index (κ2) is 7.81. The van der Waals surface area contributed by atoms with Gasteiger partial charge in [0.15, 0.2) is 17.5 Å². The van der Waals surface area contributed by atoms with Crippen molar-refractivity contribution in [2.45, 2.75) is 6.54 Å². The number of tetrazole rings is 1. The normalized spacial score (nSPS) is 15.0. The largest absolute Gasteiger partial charge is 0.336 e. The Bertz CT molecular complexity index is 970. The SMILES string of the molecule is O=C(c1ccc(F)c(F)c1)N1CCN(Cc2nnnn2-c2ccccc2)CC1. The Balaban J connectivity index is 1.38. The van der Waals surface area contributed by atoms with Crippen LogP contribution in [0.5, 0.6) is 0 Å². The standard InChI is InChI=1S/C19H18F2N6O/c20-16-7-6-14(12-17(16)21)19(28)26-10-8-25(9-11-26)13-18-22-23-24-27(18)15-4-2-1-3-5-15/h1-7,12H,8-11,13H2. The maximum Gasteiger partial charge on any atom is 0.254 e. The highest BCUT2D eigenvalue weighted by molar-refractivity contribution is 5.94. The smallest absolute Gasteiger partial charge is 0.254 e. The minimum atomic E-state index is -1.02. The molecule has 1 amide bonds. The minimum Gasteiger partial charge on any atom is -0.336 e. The van der Waals surface area contributed by atoms with Gasteiger partial charge in [-0.2, -0.15) is 4.68 Å². The number of rotatable bonds is 4. The van der Waals surface area contributed by atoms with Crippen molar-refractivity contribution in [1.82, 2.24) is 30.0 Å². The van der Waals surface area contributed by atoms with Crippen molar-refractivity contribution in [3.63, 3.8) is 0 Å². The highest BCUT2D eigenvalue weighted by atomic mass is 19.2. The lowest BCUT2D eigenvalue weighted by Gasteiger charge is -2.34. The van der Waals surface area contributed by atoms with Crippen molar-refractivity contribution in [2.24, 2.45) is 0 Å². The van der Waals surface area contributed by atoms with Gasteiger partial charge in [0.2, 0.25) is 0 Å². The van der Waals surface area contributed by atoms with Gasteiger partial charge in [-0.3, -0.25) is 9.69 Å². The van der Waals surface area contributed by atoms with E-state index in [1.807, 2.05) is 30.3 Å². The fourth-order valence-corrected chi connectivity index (χ4v) is 3.19. The van der Waals surface area contributed by atoms with Crippen molar-refractivity contribution < 1.29 is 13.6 Å². The minimum absolute atomic E-state index is 0.153. The van der Waals surface area contributed by atoms with Gasteiger partial charge in [0.25, 0.3) is 5.91 Å². The zero-order chi connectivity index (χ0) is 19.5. The number of para-hydroxylation sites is 1. The van der Waals surface area contributed by atoms with E-state index in [-0.39, 0.29) is 11.5 Å². The predicted molar refractivity (Wildman–Crippen MR) is 96.7 cm³/mol. The maximum absolute atomic E-state index is 13.4. The number of piperazine rings is 1. The molecule has 0 N–H and O–H groups in total. The summed E-state index contributed by atoms with van der Waals surface area (Å²) in [5, 5.41) is 11.9. The number of nitrogens with zero attached hydrogens (tertiary/aromatic N) is 6. The Morgan fingerprint density at radius 1 is 0.964 bits per heavy atom. The van der Waals surface area contributed by atoms with Crippen LogP contribution in [0.4, 0.5) is 8.78 Å². The summed E-state index contributed by atoms with van der Waals surface area (Å²) in [6, 6.07) is 12.8. The van der Waals surface area contributed by atoms with E-state index < -0.39 is 11.6 Å². The van der Waals surface area contributed by atoms with Crippen molar-refractivity contribution in [3.05, 3.63) is 71.6 Å². The van der Waals surface area contributed by atoms with E-state index >= 15 is 0 Å². The summed E-state index contributed by atoms with van der Waals surface area (Å²) in [6.45, 7) is 2.80. The molecule has 2 aromatic carbocycles. The van der Waals surface area contributed by atoms with Gasteiger partial charge in [-0.25, -0.2) is 8.78 Å². The molecule has 1 aromatic heterocycles. The summed E-state index contributed by atoms with van der Waals surface area (Å²) >= 11 is 0. The fourth-order valence-electron chi connectivity index (χ4n) is 3.19. The highest BCUT2D eigenvalue weighted by Crippen LogP contribution is 2.14. The van der Waals surface area contributed by atoms with E-state index in [1.165, 1.54) is 6.07 Å². The number of hydrogen-bond acceptors (Lipinski definition) is 5. The number of halogens is 2. The Labute approximate surface area is 160 Å². The third kappa shape index (κ3) is 3.74. The van der Waals surface area contributed by atoms with Gasteiger partial charge in [0.05, 0.1) is 12.2 Å². The first kappa shape index (κ1) is 18.2. The molecular formula is C19H18F2N6O. The quantitative estimate of drug-likeness (QED) is 0.687. The van der Waals surface area contributed by atoms with Crippen LogP contribution in [0.1, 0.15) is 16.2 Å². The van der Waals surface area contributed by atoms with Crippen LogP contribution < -0.4 is 0 Å². The lowest BCUT2D eigenvalue weighted by molar-refractivity contribution is 0.0624. The van der Waals surface area contributed by atoms with Gasteiger partial charge in [-0.05, 0) is 40.8 Å². The van der Waals surface area contributed by atoms with Crippen LogP contribution in [0.15, 0.2) is 48.5 Å². The maximum atomic E-state index is 13.4. The summed E-state index contributed by atoms with van der Waals surface area (Å²) in [5.41, 5.74) is 1.04. The van der Waals surface area contributed by atoms with Gasteiger partial charge in [0.1, 0.15) is 0 Å². The number of amides is 1. The average molecular weight is 384 g/mol. The second-order valence-electron chi connectivity index (χ2n) is 6.54. The van der Waals surface area contributed by atoms with E-state index in [0.717, 1.165) is 17.8 Å². The molecule has 144 valence electrons. The Hall–Kier alpha value is -3.20. The number of aromatic nitrogens is 4. The monoisotopic (exact) mass is 384 g/mol. The van der Waals surface area contributed by atoms with Crippen molar-refractivity contribution in [3.8, 4) is 5.69 Å². The molecule has 7 nitrogen and oxygen atoms in total. The number of benzene rings is 2. The Morgan fingerprint density at radius 2 is 1.71 bits per heavy atom. The van der Waals surface area contributed by atoms with Crippen LogP contribution in [-0.2, 0) is 6.54 Å². The van der Waals surface area contributed by atoms with Gasteiger partial charge in [-0.15, -0.1) is 5.10 Å². The second-order valence-corrected chi connectivity index (χ2v) is 6.54. The number of carbonyl (C=O) groups excluding carboxylic acids is 1. The number of hydrogen-bond donors (Lipinski definition) is 0. The molecule has 0 atom stereocenters. The van der Waals surface area contributed by atoms with E-state index in [4.69, 9.17) is 0 Å².